The summed E-state index contributed by atoms with van der Waals surface area (Å²) >= 11 is 0. The van der Waals surface area contributed by atoms with Crippen LogP contribution in [-0.4, -0.2) is 47.1 Å². The molecule has 0 aromatic carbocycles. The Balaban J connectivity index is 1.40. The molecule has 11 heteroatoms. The summed E-state index contributed by atoms with van der Waals surface area (Å²) in [5.41, 5.74) is 10.2. The van der Waals surface area contributed by atoms with Gasteiger partial charge in [0.15, 0.2) is 5.65 Å². The van der Waals surface area contributed by atoms with Crippen LogP contribution in [0, 0.1) is 6.92 Å². The van der Waals surface area contributed by atoms with Crippen LogP contribution < -0.4 is 11.1 Å². The van der Waals surface area contributed by atoms with Crippen molar-refractivity contribution in [3.63, 3.8) is 0 Å². The van der Waals surface area contributed by atoms with E-state index in [0.29, 0.717) is 30.1 Å². The van der Waals surface area contributed by atoms with Crippen LogP contribution in [-0.2, 0) is 11.9 Å². The number of hydroxylamine groups is 2. The van der Waals surface area contributed by atoms with Gasteiger partial charge in [0.2, 0.25) is 5.95 Å². The average molecular weight is 419 g/mol. The number of urea groups is 1. The van der Waals surface area contributed by atoms with Crippen molar-refractivity contribution in [2.24, 2.45) is 7.05 Å². The Hall–Kier alpha value is -3.99. The number of aryl methyl sites for hydroxylation is 2. The number of rotatable bonds is 3. The maximum absolute atomic E-state index is 13.0. The monoisotopic (exact) mass is 419 g/mol. The standard InChI is InChI=1S/C20H21N9O2/c1-12-16(24-20(30)29-17(5-6-31-29)15-9-23-27(2)10-15)7-14(8-22-12)13-3-4-18-25-19(21)26-28(18)11-13/h3-4,7-11,17H,5-6H2,1-2H3,(H2,21,26)(H,24,30)/t17-/m0/s1. The number of nitrogens with zero attached hydrogens (tertiary/aromatic N) is 7. The average Bonchev–Trinajstić information content (AvgIpc) is 3.47. The predicted octanol–water partition coefficient (Wildman–Crippen LogP) is 2.33. The number of pyridine rings is 2. The molecule has 5 rings (SSSR count). The first-order valence-electron chi connectivity index (χ1n) is 9.78. The number of nitrogens with one attached hydrogen (secondary N) is 1. The van der Waals surface area contributed by atoms with Gasteiger partial charge in [-0.3, -0.25) is 14.5 Å². The lowest BCUT2D eigenvalue weighted by Gasteiger charge is -2.22. The Morgan fingerprint density at radius 2 is 2.13 bits per heavy atom. The van der Waals surface area contributed by atoms with Crippen LogP contribution >= 0.6 is 0 Å². The first-order chi connectivity index (χ1) is 15.0. The van der Waals surface area contributed by atoms with Gasteiger partial charge in [0.1, 0.15) is 0 Å². The van der Waals surface area contributed by atoms with Gasteiger partial charge in [-0.1, -0.05) is 0 Å². The lowest BCUT2D eigenvalue weighted by molar-refractivity contribution is -0.0830. The molecule has 0 aliphatic carbocycles. The van der Waals surface area contributed by atoms with E-state index in [9.17, 15) is 4.79 Å². The van der Waals surface area contributed by atoms with Crippen molar-refractivity contribution >= 4 is 23.3 Å². The molecule has 1 aliphatic rings. The molecule has 0 bridgehead atoms. The van der Waals surface area contributed by atoms with Crippen LogP contribution in [0.1, 0.15) is 23.7 Å². The molecule has 1 saturated heterocycles. The zero-order valence-electron chi connectivity index (χ0n) is 17.1. The van der Waals surface area contributed by atoms with Gasteiger partial charge in [0, 0.05) is 48.7 Å². The van der Waals surface area contributed by atoms with Crippen molar-refractivity contribution in [1.82, 2.24) is 34.4 Å². The molecule has 4 aromatic heterocycles. The molecule has 11 nitrogen and oxygen atoms in total. The van der Waals surface area contributed by atoms with E-state index in [2.05, 4.69) is 25.5 Å². The number of fused-ring (bicyclic) bond motifs is 1. The molecule has 0 unspecified atom stereocenters. The summed E-state index contributed by atoms with van der Waals surface area (Å²) in [6.45, 7) is 2.30. The number of carbonyl (C=O) groups excluding carboxylic acids is 1. The molecular weight excluding hydrogens is 398 g/mol. The number of anilines is 2. The molecule has 31 heavy (non-hydrogen) atoms. The van der Waals surface area contributed by atoms with E-state index in [1.54, 1.807) is 21.6 Å². The summed E-state index contributed by atoms with van der Waals surface area (Å²) in [6.07, 6.45) is 7.91. The maximum atomic E-state index is 13.0. The number of hydrogen-bond donors (Lipinski definition) is 2. The predicted molar refractivity (Wildman–Crippen MR) is 113 cm³/mol. The van der Waals surface area contributed by atoms with Gasteiger partial charge < -0.3 is 11.1 Å². The van der Waals surface area contributed by atoms with E-state index in [4.69, 9.17) is 10.6 Å². The van der Waals surface area contributed by atoms with E-state index in [1.807, 2.05) is 44.6 Å². The normalized spacial score (nSPS) is 16.2. The Morgan fingerprint density at radius 3 is 2.94 bits per heavy atom. The summed E-state index contributed by atoms with van der Waals surface area (Å²) in [5.74, 6) is 0.209. The third-order valence-corrected chi connectivity index (χ3v) is 5.22. The molecular formula is C20H21N9O2. The second-order valence-electron chi connectivity index (χ2n) is 7.39. The molecule has 3 N–H and O–H groups in total. The second kappa shape index (κ2) is 7.36. The third-order valence-electron chi connectivity index (χ3n) is 5.22. The zero-order valence-corrected chi connectivity index (χ0v) is 17.1. The summed E-state index contributed by atoms with van der Waals surface area (Å²) in [7, 11) is 1.84. The van der Waals surface area contributed by atoms with Gasteiger partial charge in [0.25, 0.3) is 0 Å². The summed E-state index contributed by atoms with van der Waals surface area (Å²) in [6, 6.07) is 5.06. The van der Waals surface area contributed by atoms with Crippen LogP contribution in [0.2, 0.25) is 0 Å². The van der Waals surface area contributed by atoms with Gasteiger partial charge >= 0.3 is 6.03 Å². The van der Waals surface area contributed by atoms with Crippen LogP contribution in [0.5, 0.6) is 0 Å². The van der Waals surface area contributed by atoms with Crippen molar-refractivity contribution in [3.8, 4) is 11.1 Å². The zero-order chi connectivity index (χ0) is 21.5. The Kier molecular flexibility index (Phi) is 4.51. The van der Waals surface area contributed by atoms with Crippen molar-refractivity contribution < 1.29 is 9.63 Å². The second-order valence-corrected chi connectivity index (χ2v) is 7.39. The number of nitrogen functional groups attached to an aromatic ring is 1. The lowest BCUT2D eigenvalue weighted by atomic mass is 10.1. The van der Waals surface area contributed by atoms with Crippen LogP contribution in [0.4, 0.5) is 16.4 Å². The van der Waals surface area contributed by atoms with Gasteiger partial charge in [-0.15, -0.1) is 5.10 Å². The van der Waals surface area contributed by atoms with Gasteiger partial charge in [-0.05, 0) is 25.1 Å². The minimum atomic E-state index is -0.354. The molecule has 158 valence electrons. The summed E-state index contributed by atoms with van der Waals surface area (Å²) < 4.78 is 3.32. The molecule has 0 saturated carbocycles. The smallest absolute Gasteiger partial charge is 0.346 e. The van der Waals surface area contributed by atoms with E-state index in [-0.39, 0.29) is 18.0 Å². The molecule has 4 aromatic rings. The third kappa shape index (κ3) is 3.55. The SMILES string of the molecule is Cc1ncc(-c2ccc3nc(N)nn3c2)cc1NC(=O)N1OCC[C@H]1c1cnn(C)c1. The van der Waals surface area contributed by atoms with E-state index in [1.165, 1.54) is 5.06 Å². The van der Waals surface area contributed by atoms with Crippen molar-refractivity contribution in [1.29, 1.82) is 0 Å². The number of carbonyl (C=O) groups is 1. The van der Waals surface area contributed by atoms with Crippen molar-refractivity contribution in [2.45, 2.75) is 19.4 Å². The quantitative estimate of drug-likeness (QED) is 0.521. The van der Waals surface area contributed by atoms with Gasteiger partial charge in [-0.25, -0.2) is 9.31 Å². The van der Waals surface area contributed by atoms with Crippen LogP contribution in [0.15, 0.2) is 43.0 Å². The molecule has 0 spiro atoms. The summed E-state index contributed by atoms with van der Waals surface area (Å²) in [4.78, 5) is 27.2. The number of hydrogen-bond acceptors (Lipinski definition) is 7. The fourth-order valence-corrected chi connectivity index (χ4v) is 3.64. The number of amides is 2. The number of aromatic nitrogens is 6. The molecule has 2 amide bonds. The molecule has 1 aliphatic heterocycles. The lowest BCUT2D eigenvalue weighted by Crippen LogP contribution is -2.33. The number of nitrogens with two attached hydrogens (primary N) is 1. The largest absolute Gasteiger partial charge is 0.366 e. The highest BCUT2D eigenvalue weighted by molar-refractivity contribution is 5.90. The minimum absolute atomic E-state index is 0.190. The van der Waals surface area contributed by atoms with Gasteiger partial charge in [-0.2, -0.15) is 15.1 Å². The minimum Gasteiger partial charge on any atom is -0.366 e. The Morgan fingerprint density at radius 1 is 1.26 bits per heavy atom. The molecule has 1 atom stereocenters. The van der Waals surface area contributed by atoms with Crippen LogP contribution in [0.3, 0.4) is 0 Å². The first-order valence-corrected chi connectivity index (χ1v) is 9.78. The van der Waals surface area contributed by atoms with Gasteiger partial charge in [0.05, 0.1) is 30.2 Å². The fraction of sp³-hybridized carbons (Fsp3) is 0.250. The van der Waals surface area contributed by atoms with E-state index >= 15 is 0 Å². The van der Waals surface area contributed by atoms with Crippen molar-refractivity contribution in [2.75, 3.05) is 17.7 Å². The highest BCUT2D eigenvalue weighted by atomic mass is 16.7. The Labute approximate surface area is 177 Å². The maximum Gasteiger partial charge on any atom is 0.346 e. The highest BCUT2D eigenvalue weighted by Crippen LogP contribution is 2.31. The first kappa shape index (κ1) is 19.0. The fourth-order valence-electron chi connectivity index (χ4n) is 3.64. The Bertz CT molecular complexity index is 1280. The molecule has 0 radical (unpaired) electrons. The molecule has 5 heterocycles. The molecule has 1 fully saturated rings. The topological polar surface area (TPSA) is 128 Å². The van der Waals surface area contributed by atoms with Crippen molar-refractivity contribution in [3.05, 3.63) is 54.2 Å². The highest BCUT2D eigenvalue weighted by Gasteiger charge is 2.33. The van der Waals surface area contributed by atoms with E-state index < -0.39 is 0 Å². The van der Waals surface area contributed by atoms with Crippen LogP contribution in [0.25, 0.3) is 16.8 Å². The summed E-state index contributed by atoms with van der Waals surface area (Å²) in [5, 5.41) is 12.6. The van der Waals surface area contributed by atoms with E-state index in [0.717, 1.165) is 16.7 Å².